The Hall–Kier alpha value is -1.53. The van der Waals surface area contributed by atoms with Crippen LogP contribution in [-0.4, -0.2) is 18.5 Å². The van der Waals surface area contributed by atoms with Crippen molar-refractivity contribution in [2.24, 2.45) is 5.73 Å². The van der Waals surface area contributed by atoms with Crippen LogP contribution >= 0.6 is 11.3 Å². The topological polar surface area (TPSA) is 52.3 Å². The summed E-state index contributed by atoms with van der Waals surface area (Å²) in [4.78, 5) is 11.3. The van der Waals surface area contributed by atoms with E-state index in [4.69, 9.17) is 5.73 Å². The highest BCUT2D eigenvalue weighted by Gasteiger charge is 2.48. The fraction of sp³-hybridized carbons (Fsp3) is 0.308. The zero-order valence-corrected chi connectivity index (χ0v) is 11.0. The molecule has 0 spiro atoms. The van der Waals surface area contributed by atoms with Crippen LogP contribution in [0.2, 0.25) is 0 Å². The van der Waals surface area contributed by atoms with Gasteiger partial charge in [-0.05, 0) is 29.3 Å². The monoisotopic (exact) mass is 285 g/mol. The minimum absolute atomic E-state index is 0.106. The lowest BCUT2D eigenvalue weighted by atomic mass is 10.0. The molecule has 1 aromatic heterocycles. The van der Waals surface area contributed by atoms with Crippen molar-refractivity contribution in [3.05, 3.63) is 35.2 Å². The van der Waals surface area contributed by atoms with Crippen molar-refractivity contribution in [2.75, 3.05) is 6.61 Å². The molecule has 2 aromatic rings. The van der Waals surface area contributed by atoms with Crippen molar-refractivity contribution in [3.8, 4) is 0 Å². The van der Waals surface area contributed by atoms with Crippen LogP contribution in [0.15, 0.2) is 29.6 Å². The average Bonchev–Trinajstić information content (AvgIpc) is 2.81. The van der Waals surface area contributed by atoms with Gasteiger partial charge in [0.15, 0.2) is 0 Å². The molecule has 6 heteroatoms. The van der Waals surface area contributed by atoms with Gasteiger partial charge in [-0.15, -0.1) is 11.3 Å². The number of benzene rings is 1. The van der Waals surface area contributed by atoms with Crippen molar-refractivity contribution in [3.63, 3.8) is 0 Å². The normalized spacial score (nSPS) is 13.5. The number of ether oxygens (including phenoxy) is 1. The summed E-state index contributed by atoms with van der Waals surface area (Å²) in [5.41, 5.74) is 5.83. The van der Waals surface area contributed by atoms with Gasteiger partial charge in [0.25, 0.3) is 0 Å². The predicted octanol–water partition coefficient (Wildman–Crippen LogP) is 3.10. The van der Waals surface area contributed by atoms with E-state index in [-0.39, 0.29) is 12.2 Å². The van der Waals surface area contributed by atoms with Gasteiger partial charge in [-0.1, -0.05) is 18.2 Å². The molecule has 0 aliphatic rings. The summed E-state index contributed by atoms with van der Waals surface area (Å²) < 4.78 is 33.0. The summed E-state index contributed by atoms with van der Waals surface area (Å²) >= 11 is 1.32. The van der Waals surface area contributed by atoms with E-state index in [1.54, 1.807) is 17.5 Å². The van der Waals surface area contributed by atoms with Gasteiger partial charge in [-0.3, -0.25) is 0 Å². The van der Waals surface area contributed by atoms with Crippen LogP contribution in [0.5, 0.6) is 0 Å². The third-order valence-corrected chi connectivity index (χ3v) is 3.77. The Kier molecular flexibility index (Phi) is 3.82. The summed E-state index contributed by atoms with van der Waals surface area (Å²) in [5.74, 6) is -5.32. The summed E-state index contributed by atoms with van der Waals surface area (Å²) in [6.45, 7) is 1.37. The minimum atomic E-state index is -3.74. The van der Waals surface area contributed by atoms with Gasteiger partial charge in [0.1, 0.15) is 6.04 Å². The molecule has 2 rings (SSSR count). The summed E-state index contributed by atoms with van der Waals surface area (Å²) in [5, 5.41) is 2.20. The zero-order chi connectivity index (χ0) is 14.0. The molecule has 1 atom stereocenters. The Morgan fingerprint density at radius 2 is 2.16 bits per heavy atom. The molecule has 0 radical (unpaired) electrons. The molecule has 102 valence electrons. The molecule has 0 saturated carbocycles. The maximum Gasteiger partial charge on any atom is 0.379 e. The lowest BCUT2D eigenvalue weighted by Gasteiger charge is -2.21. The van der Waals surface area contributed by atoms with Gasteiger partial charge in [0, 0.05) is 4.70 Å². The second kappa shape index (κ2) is 5.22. The number of esters is 1. The highest BCUT2D eigenvalue weighted by molar-refractivity contribution is 7.17. The second-order valence-electron chi connectivity index (χ2n) is 4.01. The fourth-order valence-electron chi connectivity index (χ4n) is 1.79. The van der Waals surface area contributed by atoms with Gasteiger partial charge in [-0.25, -0.2) is 4.79 Å². The Balaban J connectivity index is 2.38. The molecule has 3 nitrogen and oxygen atoms in total. The van der Waals surface area contributed by atoms with Crippen molar-refractivity contribution < 1.29 is 18.3 Å². The lowest BCUT2D eigenvalue weighted by molar-refractivity contribution is -0.174. The number of rotatable bonds is 4. The Morgan fingerprint density at radius 3 is 2.84 bits per heavy atom. The number of halogens is 2. The molecular weight excluding hydrogens is 272 g/mol. The molecule has 1 heterocycles. The highest BCUT2D eigenvalue weighted by atomic mass is 32.1. The highest BCUT2D eigenvalue weighted by Crippen LogP contribution is 2.37. The van der Waals surface area contributed by atoms with Crippen molar-refractivity contribution >= 4 is 27.4 Å². The van der Waals surface area contributed by atoms with Crippen LogP contribution in [0.3, 0.4) is 0 Å². The molecule has 2 N–H and O–H groups in total. The van der Waals surface area contributed by atoms with Gasteiger partial charge in [0.2, 0.25) is 0 Å². The third-order valence-electron chi connectivity index (χ3n) is 2.78. The maximum atomic E-state index is 13.9. The molecule has 0 saturated heterocycles. The van der Waals surface area contributed by atoms with Crippen LogP contribution in [0, 0.1) is 0 Å². The van der Waals surface area contributed by atoms with Crippen LogP contribution in [0.1, 0.15) is 18.5 Å². The van der Waals surface area contributed by atoms with E-state index >= 15 is 0 Å². The van der Waals surface area contributed by atoms with Gasteiger partial charge in [0.05, 0.1) is 6.61 Å². The molecule has 0 unspecified atom stereocenters. The van der Waals surface area contributed by atoms with Gasteiger partial charge < -0.3 is 10.5 Å². The Morgan fingerprint density at radius 1 is 1.47 bits per heavy atom. The van der Waals surface area contributed by atoms with E-state index in [0.29, 0.717) is 5.39 Å². The zero-order valence-electron chi connectivity index (χ0n) is 10.2. The van der Waals surface area contributed by atoms with Crippen molar-refractivity contribution in [2.45, 2.75) is 18.9 Å². The molecule has 0 bridgehead atoms. The van der Waals surface area contributed by atoms with E-state index in [2.05, 4.69) is 4.74 Å². The van der Waals surface area contributed by atoms with Crippen LogP contribution < -0.4 is 5.73 Å². The quantitative estimate of drug-likeness (QED) is 0.878. The van der Waals surface area contributed by atoms with E-state index in [1.165, 1.54) is 18.3 Å². The molecule has 0 aliphatic carbocycles. The molecule has 0 aliphatic heterocycles. The Bertz CT molecular complexity index is 597. The predicted molar refractivity (Wildman–Crippen MR) is 70.3 cm³/mol. The lowest BCUT2D eigenvalue weighted by Crippen LogP contribution is -2.41. The number of carbonyl (C=O) groups excluding carboxylic acids is 1. The molecular formula is C13H13F2NO2S. The first-order valence-corrected chi connectivity index (χ1v) is 6.63. The second-order valence-corrected chi connectivity index (χ2v) is 4.92. The van der Waals surface area contributed by atoms with E-state index < -0.39 is 17.9 Å². The number of hydrogen-bond donors (Lipinski definition) is 1. The maximum absolute atomic E-state index is 13.9. The first-order valence-electron chi connectivity index (χ1n) is 5.75. The smallest absolute Gasteiger partial charge is 0.379 e. The van der Waals surface area contributed by atoms with Crippen LogP contribution in [0.4, 0.5) is 8.78 Å². The SMILES string of the molecule is CCOC(=O)C(F)(F)[C@H](N)c1csc2ccccc12. The first kappa shape index (κ1) is 13.9. The molecule has 0 fully saturated rings. The minimum Gasteiger partial charge on any atom is -0.462 e. The van der Waals surface area contributed by atoms with Crippen molar-refractivity contribution in [1.82, 2.24) is 0 Å². The number of nitrogens with two attached hydrogens (primary N) is 1. The van der Waals surface area contributed by atoms with E-state index in [0.717, 1.165) is 4.70 Å². The molecule has 19 heavy (non-hydrogen) atoms. The van der Waals surface area contributed by atoms with Gasteiger partial charge >= 0.3 is 11.9 Å². The number of fused-ring (bicyclic) bond motifs is 1. The standard InChI is InChI=1S/C13H13F2NO2S/c1-2-18-12(17)13(14,15)11(16)9-7-19-10-6-4-3-5-8(9)10/h3-7,11H,2,16H2,1H3/t11-/m1/s1. The largest absolute Gasteiger partial charge is 0.462 e. The number of thiophene rings is 1. The van der Waals surface area contributed by atoms with E-state index in [9.17, 15) is 13.6 Å². The number of carbonyl (C=O) groups is 1. The summed E-state index contributed by atoms with van der Waals surface area (Å²) in [6.07, 6.45) is 0. The fourth-order valence-corrected chi connectivity index (χ4v) is 2.79. The first-order chi connectivity index (χ1) is 8.98. The van der Waals surface area contributed by atoms with Crippen molar-refractivity contribution in [1.29, 1.82) is 0 Å². The van der Waals surface area contributed by atoms with Crippen LogP contribution in [-0.2, 0) is 9.53 Å². The van der Waals surface area contributed by atoms with Crippen LogP contribution in [0.25, 0.3) is 10.1 Å². The Labute approximate surface area is 113 Å². The summed E-state index contributed by atoms with van der Waals surface area (Å²) in [7, 11) is 0. The molecule has 0 amide bonds. The summed E-state index contributed by atoms with van der Waals surface area (Å²) in [6, 6.07) is 5.38. The average molecular weight is 285 g/mol. The molecule has 1 aromatic carbocycles. The van der Waals surface area contributed by atoms with E-state index in [1.807, 2.05) is 12.1 Å². The third kappa shape index (κ3) is 2.46. The number of alkyl halides is 2. The van der Waals surface area contributed by atoms with Gasteiger partial charge in [-0.2, -0.15) is 8.78 Å². The number of hydrogen-bond acceptors (Lipinski definition) is 4.